The fourth-order valence-corrected chi connectivity index (χ4v) is 2.55. The van der Waals surface area contributed by atoms with Crippen molar-refractivity contribution in [2.45, 2.75) is 18.5 Å². The maximum atomic E-state index is 13.0. The molecule has 1 saturated heterocycles. The number of hydrogen-bond donors (Lipinski definition) is 3. The highest BCUT2D eigenvalue weighted by Crippen LogP contribution is 2.21. The molecule has 1 aliphatic heterocycles. The number of carboxylic acid groups (broad SMARTS) is 1. The number of carbonyl (C=O) groups is 2. The van der Waals surface area contributed by atoms with Gasteiger partial charge in [-0.15, -0.1) is 0 Å². The number of nitrogens with zero attached hydrogens (tertiary/aromatic N) is 4. The van der Waals surface area contributed by atoms with Crippen LogP contribution in [-0.2, 0) is 4.79 Å². The molecule has 1 unspecified atom stereocenters. The van der Waals surface area contributed by atoms with Gasteiger partial charge < -0.3 is 21.1 Å². The van der Waals surface area contributed by atoms with Gasteiger partial charge in [0.25, 0.3) is 0 Å². The first-order valence-corrected chi connectivity index (χ1v) is 7.53. The van der Waals surface area contributed by atoms with Crippen molar-refractivity contribution in [3.8, 4) is 5.82 Å². The summed E-state index contributed by atoms with van der Waals surface area (Å²) in [4.78, 5) is 28.3. The molecule has 132 valence electrons. The van der Waals surface area contributed by atoms with Crippen molar-refractivity contribution in [2.75, 3.05) is 13.1 Å². The van der Waals surface area contributed by atoms with Crippen molar-refractivity contribution in [3.63, 3.8) is 0 Å². The third-order valence-corrected chi connectivity index (χ3v) is 4.07. The number of halogens is 1. The average Bonchev–Trinajstić information content (AvgIpc) is 2.98. The number of aromatic nitrogens is 3. The molecule has 1 fully saturated rings. The van der Waals surface area contributed by atoms with E-state index in [0.29, 0.717) is 5.82 Å². The lowest BCUT2D eigenvalue weighted by molar-refractivity contribution is -0.132. The first-order chi connectivity index (χ1) is 11.8. The molecule has 0 radical (unpaired) electrons. The smallest absolute Gasteiger partial charge is 0.407 e. The molecule has 0 spiro atoms. The number of pyridine rings is 1. The van der Waals surface area contributed by atoms with Crippen molar-refractivity contribution in [2.24, 2.45) is 5.73 Å². The van der Waals surface area contributed by atoms with E-state index in [0.717, 1.165) is 16.7 Å². The number of likely N-dealkylation sites (tertiary alicyclic amines) is 1. The molecule has 2 amide bonds. The van der Waals surface area contributed by atoms with Crippen molar-refractivity contribution >= 4 is 12.0 Å². The van der Waals surface area contributed by atoms with Gasteiger partial charge in [0, 0.05) is 6.20 Å². The number of rotatable bonds is 4. The monoisotopic (exact) mass is 348 g/mol. The predicted molar refractivity (Wildman–Crippen MR) is 84.4 cm³/mol. The third-order valence-electron chi connectivity index (χ3n) is 4.07. The van der Waals surface area contributed by atoms with Crippen LogP contribution in [0.15, 0.2) is 30.7 Å². The minimum atomic E-state index is -1.22. The molecule has 1 atom stereocenters. The lowest BCUT2D eigenvalue weighted by Crippen LogP contribution is -2.74. The lowest BCUT2D eigenvalue weighted by atomic mass is 9.90. The van der Waals surface area contributed by atoms with Crippen LogP contribution in [0.4, 0.5) is 9.18 Å². The first-order valence-electron chi connectivity index (χ1n) is 7.53. The summed E-state index contributed by atoms with van der Waals surface area (Å²) in [5.41, 5.74) is 5.43. The molecule has 2 aromatic rings. The molecular formula is C15H17FN6O3. The second kappa shape index (κ2) is 6.13. The maximum Gasteiger partial charge on any atom is 0.407 e. The van der Waals surface area contributed by atoms with Gasteiger partial charge in [-0.3, -0.25) is 4.79 Å². The van der Waals surface area contributed by atoms with Crippen LogP contribution in [0.1, 0.15) is 18.5 Å². The average molecular weight is 348 g/mol. The summed E-state index contributed by atoms with van der Waals surface area (Å²) < 4.78 is 14.3. The van der Waals surface area contributed by atoms with Crippen LogP contribution in [0.2, 0.25) is 0 Å². The fraction of sp³-hybridized carbons (Fsp3) is 0.333. The molecule has 3 rings (SSSR count). The molecule has 3 heterocycles. The Balaban J connectivity index is 1.62. The second-order valence-corrected chi connectivity index (χ2v) is 6.04. The normalized spacial score (nSPS) is 16.8. The Morgan fingerprint density at radius 1 is 1.40 bits per heavy atom. The van der Waals surface area contributed by atoms with Gasteiger partial charge in [-0.2, -0.15) is 5.10 Å². The predicted octanol–water partition coefficient (Wildman–Crippen LogP) is 0.275. The van der Waals surface area contributed by atoms with Crippen LogP contribution in [0, 0.1) is 5.82 Å². The van der Waals surface area contributed by atoms with Crippen molar-refractivity contribution in [3.05, 3.63) is 42.1 Å². The molecule has 2 aromatic heterocycles. The maximum absolute atomic E-state index is 13.0. The SMILES string of the molecule is CC(NC(=O)C1(N)CN(C(=O)O)C1)c1ccc(-n2cc(F)cn2)nc1. The molecule has 0 saturated carbocycles. The number of nitrogens with two attached hydrogens (primary N) is 1. The van der Waals surface area contributed by atoms with Crippen LogP contribution >= 0.6 is 0 Å². The number of amides is 2. The van der Waals surface area contributed by atoms with Gasteiger partial charge in [0.05, 0.1) is 31.5 Å². The van der Waals surface area contributed by atoms with Crippen LogP contribution < -0.4 is 11.1 Å². The Bertz CT molecular complexity index is 800. The zero-order valence-electron chi connectivity index (χ0n) is 13.4. The number of carbonyl (C=O) groups excluding carboxylic acids is 1. The first kappa shape index (κ1) is 16.8. The van der Waals surface area contributed by atoms with E-state index in [9.17, 15) is 14.0 Å². The molecule has 4 N–H and O–H groups in total. The Morgan fingerprint density at radius 3 is 2.64 bits per heavy atom. The molecule has 9 nitrogen and oxygen atoms in total. The topological polar surface area (TPSA) is 126 Å². The Kier molecular flexibility index (Phi) is 4.13. The van der Waals surface area contributed by atoms with E-state index in [2.05, 4.69) is 15.4 Å². The van der Waals surface area contributed by atoms with E-state index in [1.54, 1.807) is 25.3 Å². The van der Waals surface area contributed by atoms with E-state index in [1.165, 1.54) is 10.9 Å². The fourth-order valence-electron chi connectivity index (χ4n) is 2.55. The van der Waals surface area contributed by atoms with E-state index in [4.69, 9.17) is 10.8 Å². The summed E-state index contributed by atoms with van der Waals surface area (Å²) >= 11 is 0. The quantitative estimate of drug-likeness (QED) is 0.728. The Labute approximate surface area is 142 Å². The molecule has 0 aromatic carbocycles. The van der Waals surface area contributed by atoms with Gasteiger partial charge in [-0.25, -0.2) is 18.9 Å². The molecule has 1 aliphatic rings. The van der Waals surface area contributed by atoms with Gasteiger partial charge in [-0.05, 0) is 18.6 Å². The minimum Gasteiger partial charge on any atom is -0.465 e. The van der Waals surface area contributed by atoms with Crippen LogP contribution in [0.3, 0.4) is 0 Å². The third kappa shape index (κ3) is 3.29. The molecule has 0 bridgehead atoms. The lowest BCUT2D eigenvalue weighted by Gasteiger charge is -2.44. The molecular weight excluding hydrogens is 331 g/mol. The van der Waals surface area contributed by atoms with Crippen molar-refractivity contribution < 1.29 is 19.1 Å². The van der Waals surface area contributed by atoms with Gasteiger partial charge in [-0.1, -0.05) is 6.07 Å². The largest absolute Gasteiger partial charge is 0.465 e. The number of hydrogen-bond acceptors (Lipinski definition) is 5. The summed E-state index contributed by atoms with van der Waals surface area (Å²) in [5.74, 6) is -0.441. The summed E-state index contributed by atoms with van der Waals surface area (Å²) in [6.45, 7) is 1.69. The van der Waals surface area contributed by atoms with E-state index in [-0.39, 0.29) is 19.1 Å². The Hall–Kier alpha value is -3.01. The highest BCUT2D eigenvalue weighted by Gasteiger charge is 2.48. The zero-order valence-corrected chi connectivity index (χ0v) is 13.4. The molecule has 0 aliphatic carbocycles. The van der Waals surface area contributed by atoms with E-state index >= 15 is 0 Å². The Morgan fingerprint density at radius 2 is 2.12 bits per heavy atom. The summed E-state index contributed by atoms with van der Waals surface area (Å²) in [7, 11) is 0. The molecule has 25 heavy (non-hydrogen) atoms. The van der Waals surface area contributed by atoms with Crippen LogP contribution in [-0.4, -0.2) is 55.4 Å². The second-order valence-electron chi connectivity index (χ2n) is 6.04. The minimum absolute atomic E-state index is 0.0388. The van der Waals surface area contributed by atoms with Crippen molar-refractivity contribution in [1.29, 1.82) is 0 Å². The highest BCUT2D eigenvalue weighted by atomic mass is 19.1. The summed E-state index contributed by atoms with van der Waals surface area (Å²) in [5, 5.41) is 15.4. The van der Waals surface area contributed by atoms with E-state index < -0.39 is 23.4 Å². The molecule has 10 heteroatoms. The standard InChI is InChI=1S/C15H17FN6O3/c1-9(20-13(23)15(17)7-21(8-15)14(24)25)10-2-3-12(18-4-10)22-6-11(16)5-19-22/h2-6,9H,7-8,17H2,1H3,(H,20,23)(H,24,25). The van der Waals surface area contributed by atoms with Crippen LogP contribution in [0.5, 0.6) is 0 Å². The zero-order chi connectivity index (χ0) is 18.2. The summed E-state index contributed by atoms with van der Waals surface area (Å²) in [6, 6.07) is 3.01. The van der Waals surface area contributed by atoms with Gasteiger partial charge in [0.15, 0.2) is 11.6 Å². The number of nitrogens with one attached hydrogen (secondary N) is 1. The summed E-state index contributed by atoms with van der Waals surface area (Å²) in [6.07, 6.45) is 2.73. The highest BCUT2D eigenvalue weighted by molar-refractivity contribution is 5.90. The van der Waals surface area contributed by atoms with Crippen LogP contribution in [0.25, 0.3) is 5.82 Å². The van der Waals surface area contributed by atoms with Gasteiger partial charge in [0.1, 0.15) is 5.54 Å². The van der Waals surface area contributed by atoms with Crippen molar-refractivity contribution in [1.82, 2.24) is 25.0 Å². The van der Waals surface area contributed by atoms with E-state index in [1.807, 2.05) is 0 Å². The van der Waals surface area contributed by atoms with Gasteiger partial charge in [0.2, 0.25) is 5.91 Å². The van der Waals surface area contributed by atoms with Gasteiger partial charge >= 0.3 is 6.09 Å².